The lowest BCUT2D eigenvalue weighted by molar-refractivity contribution is 0.278. The molecule has 0 aliphatic rings. The number of hydrogen-bond acceptors (Lipinski definition) is 3. The molecule has 0 saturated carbocycles. The van der Waals surface area contributed by atoms with E-state index in [1.165, 1.54) is 10.4 Å². The quantitative estimate of drug-likeness (QED) is 0.922. The number of benzene rings is 2. The largest absolute Gasteiger partial charge is 0.392 e. The number of aliphatic hydroxyl groups excluding tert-OH is 1. The van der Waals surface area contributed by atoms with Gasteiger partial charge >= 0.3 is 0 Å². The van der Waals surface area contributed by atoms with Crippen LogP contribution >= 0.6 is 0 Å². The van der Waals surface area contributed by atoms with Crippen molar-refractivity contribution in [1.29, 1.82) is 0 Å². The molecule has 0 aliphatic carbocycles. The van der Waals surface area contributed by atoms with Crippen LogP contribution in [0.1, 0.15) is 16.7 Å². The zero-order valence-electron chi connectivity index (χ0n) is 12.2. The summed E-state index contributed by atoms with van der Waals surface area (Å²) < 4.78 is 26.5. The van der Waals surface area contributed by atoms with Crippen LogP contribution in [0.2, 0.25) is 0 Å². The smallest absolute Gasteiger partial charge is 0.243 e. The Morgan fingerprint density at radius 1 is 1.10 bits per heavy atom. The second kappa shape index (κ2) is 6.39. The number of aryl methyl sites for hydroxylation is 1. The van der Waals surface area contributed by atoms with Crippen molar-refractivity contribution < 1.29 is 13.5 Å². The first-order valence-corrected chi connectivity index (χ1v) is 8.10. The molecule has 112 valence electrons. The average Bonchev–Trinajstić information content (AvgIpc) is 2.47. The van der Waals surface area contributed by atoms with Gasteiger partial charge in [0.05, 0.1) is 11.5 Å². The van der Waals surface area contributed by atoms with Gasteiger partial charge in [-0.05, 0) is 24.1 Å². The van der Waals surface area contributed by atoms with Crippen LogP contribution in [0.25, 0.3) is 0 Å². The van der Waals surface area contributed by atoms with E-state index >= 15 is 0 Å². The molecule has 0 aliphatic heterocycles. The van der Waals surface area contributed by atoms with Gasteiger partial charge in [0.2, 0.25) is 10.0 Å². The molecular formula is C16H19NO3S. The van der Waals surface area contributed by atoms with Gasteiger partial charge in [-0.1, -0.05) is 48.0 Å². The SMILES string of the molecule is Cc1cccc(CN(C)S(=O)(=O)c2ccccc2CO)c1. The first-order valence-electron chi connectivity index (χ1n) is 6.66. The molecule has 0 bridgehead atoms. The Labute approximate surface area is 125 Å². The van der Waals surface area contributed by atoms with Crippen molar-refractivity contribution in [3.63, 3.8) is 0 Å². The van der Waals surface area contributed by atoms with E-state index in [0.29, 0.717) is 12.1 Å². The van der Waals surface area contributed by atoms with Gasteiger partial charge in [-0.3, -0.25) is 0 Å². The fraction of sp³-hybridized carbons (Fsp3) is 0.250. The van der Waals surface area contributed by atoms with Gasteiger partial charge in [0.25, 0.3) is 0 Å². The zero-order valence-corrected chi connectivity index (χ0v) is 13.0. The van der Waals surface area contributed by atoms with Crippen LogP contribution in [-0.4, -0.2) is 24.9 Å². The number of nitrogens with zero attached hydrogens (tertiary/aromatic N) is 1. The molecule has 5 heteroatoms. The molecule has 0 saturated heterocycles. The number of sulfonamides is 1. The zero-order chi connectivity index (χ0) is 15.5. The summed E-state index contributed by atoms with van der Waals surface area (Å²) in [6.45, 7) is 1.97. The standard InChI is InChI=1S/C16H19NO3S/c1-13-6-5-7-14(10-13)11-17(2)21(19,20)16-9-4-3-8-15(16)12-18/h3-10,18H,11-12H2,1-2H3. The van der Waals surface area contributed by atoms with Gasteiger partial charge in [0.1, 0.15) is 0 Å². The summed E-state index contributed by atoms with van der Waals surface area (Å²) in [5.74, 6) is 0. The first-order chi connectivity index (χ1) is 9.95. The van der Waals surface area contributed by atoms with Gasteiger partial charge in [-0.2, -0.15) is 4.31 Å². The third-order valence-corrected chi connectivity index (χ3v) is 5.22. The molecule has 4 nitrogen and oxygen atoms in total. The molecule has 0 unspecified atom stereocenters. The van der Waals surface area contributed by atoms with Crippen LogP contribution in [-0.2, 0) is 23.2 Å². The van der Waals surface area contributed by atoms with Gasteiger partial charge < -0.3 is 5.11 Å². The minimum Gasteiger partial charge on any atom is -0.392 e. The fourth-order valence-corrected chi connectivity index (χ4v) is 3.58. The Bertz CT molecular complexity index is 726. The summed E-state index contributed by atoms with van der Waals surface area (Å²) in [5, 5.41) is 9.31. The van der Waals surface area contributed by atoms with E-state index in [2.05, 4.69) is 0 Å². The molecular weight excluding hydrogens is 286 g/mol. The Balaban J connectivity index is 2.31. The van der Waals surface area contributed by atoms with Crippen LogP contribution in [0.15, 0.2) is 53.4 Å². The Kier molecular flexibility index (Phi) is 4.77. The molecule has 0 radical (unpaired) electrons. The summed E-state index contributed by atoms with van der Waals surface area (Å²) in [4.78, 5) is 0.155. The van der Waals surface area contributed by atoms with Crippen molar-refractivity contribution in [2.24, 2.45) is 0 Å². The molecule has 2 rings (SSSR count). The summed E-state index contributed by atoms with van der Waals surface area (Å²) in [6, 6.07) is 14.3. The van der Waals surface area contributed by atoms with E-state index in [-0.39, 0.29) is 11.5 Å². The maximum Gasteiger partial charge on any atom is 0.243 e. The second-order valence-corrected chi connectivity index (χ2v) is 7.03. The van der Waals surface area contributed by atoms with E-state index in [9.17, 15) is 13.5 Å². The van der Waals surface area contributed by atoms with Crippen molar-refractivity contribution in [2.45, 2.75) is 25.0 Å². The van der Waals surface area contributed by atoms with Gasteiger partial charge in [-0.15, -0.1) is 0 Å². The maximum atomic E-state index is 12.6. The van der Waals surface area contributed by atoms with E-state index in [1.54, 1.807) is 25.2 Å². The third kappa shape index (κ3) is 3.50. The van der Waals surface area contributed by atoms with Crippen molar-refractivity contribution in [3.05, 3.63) is 65.2 Å². The molecule has 2 aromatic rings. The summed E-state index contributed by atoms with van der Waals surface area (Å²) >= 11 is 0. The normalized spacial score (nSPS) is 11.8. The summed E-state index contributed by atoms with van der Waals surface area (Å²) in [6.07, 6.45) is 0. The lowest BCUT2D eigenvalue weighted by atomic mass is 10.1. The minimum atomic E-state index is -3.62. The first kappa shape index (κ1) is 15.7. The molecule has 0 heterocycles. The van der Waals surface area contributed by atoms with E-state index in [4.69, 9.17) is 0 Å². The van der Waals surface area contributed by atoms with E-state index in [1.807, 2.05) is 31.2 Å². The molecule has 0 aromatic heterocycles. The molecule has 0 spiro atoms. The number of hydrogen-bond donors (Lipinski definition) is 1. The topological polar surface area (TPSA) is 57.6 Å². The van der Waals surface area contributed by atoms with Crippen LogP contribution in [0, 0.1) is 6.92 Å². The van der Waals surface area contributed by atoms with Gasteiger partial charge in [0.15, 0.2) is 0 Å². The summed E-state index contributed by atoms with van der Waals surface area (Å²) in [7, 11) is -2.07. The minimum absolute atomic E-state index is 0.155. The summed E-state index contributed by atoms with van der Waals surface area (Å²) in [5.41, 5.74) is 2.44. The monoisotopic (exact) mass is 305 g/mol. The predicted molar refractivity (Wildman–Crippen MR) is 82.2 cm³/mol. The molecule has 0 fully saturated rings. The van der Waals surface area contributed by atoms with Gasteiger partial charge in [0, 0.05) is 13.6 Å². The van der Waals surface area contributed by atoms with Crippen molar-refractivity contribution in [3.8, 4) is 0 Å². The lowest BCUT2D eigenvalue weighted by Gasteiger charge is -2.19. The highest BCUT2D eigenvalue weighted by atomic mass is 32.2. The maximum absolute atomic E-state index is 12.6. The Morgan fingerprint density at radius 2 is 1.81 bits per heavy atom. The van der Waals surface area contributed by atoms with Crippen LogP contribution in [0.4, 0.5) is 0 Å². The second-order valence-electron chi connectivity index (χ2n) is 5.02. The molecule has 0 atom stereocenters. The molecule has 2 aromatic carbocycles. The highest BCUT2D eigenvalue weighted by molar-refractivity contribution is 7.89. The van der Waals surface area contributed by atoms with Crippen molar-refractivity contribution in [2.75, 3.05) is 7.05 Å². The Morgan fingerprint density at radius 3 is 2.48 bits per heavy atom. The van der Waals surface area contributed by atoms with Crippen molar-refractivity contribution in [1.82, 2.24) is 4.31 Å². The highest BCUT2D eigenvalue weighted by Crippen LogP contribution is 2.21. The van der Waals surface area contributed by atoms with E-state index < -0.39 is 10.0 Å². The average molecular weight is 305 g/mol. The Hall–Kier alpha value is -1.69. The number of rotatable bonds is 5. The van der Waals surface area contributed by atoms with E-state index in [0.717, 1.165) is 11.1 Å². The van der Waals surface area contributed by atoms with Crippen LogP contribution < -0.4 is 0 Å². The predicted octanol–water partition coefficient (Wildman–Crippen LogP) is 2.31. The third-order valence-electron chi connectivity index (χ3n) is 3.32. The lowest BCUT2D eigenvalue weighted by Crippen LogP contribution is -2.27. The fourth-order valence-electron chi connectivity index (χ4n) is 2.21. The van der Waals surface area contributed by atoms with Crippen LogP contribution in [0.3, 0.4) is 0 Å². The molecule has 1 N–H and O–H groups in total. The van der Waals surface area contributed by atoms with Gasteiger partial charge in [-0.25, -0.2) is 8.42 Å². The van der Waals surface area contributed by atoms with Crippen molar-refractivity contribution >= 4 is 10.0 Å². The highest BCUT2D eigenvalue weighted by Gasteiger charge is 2.23. The van der Waals surface area contributed by atoms with Crippen LogP contribution in [0.5, 0.6) is 0 Å². The number of aliphatic hydroxyl groups is 1. The molecule has 0 amide bonds. The molecule has 21 heavy (non-hydrogen) atoms.